The minimum absolute atomic E-state index is 0.298. The Morgan fingerprint density at radius 3 is 2.80 bits per heavy atom. The second-order valence-electron chi connectivity index (χ2n) is 3.29. The Kier molecular flexibility index (Phi) is 2.19. The first-order valence-corrected chi connectivity index (χ1v) is 4.35. The first-order valence-electron chi connectivity index (χ1n) is 4.35. The number of fused-ring (bicyclic) bond motifs is 1. The molecule has 5 nitrogen and oxygen atoms in total. The molecule has 0 amide bonds. The van der Waals surface area contributed by atoms with Crippen molar-refractivity contribution in [3.8, 4) is 6.07 Å². The van der Waals surface area contributed by atoms with Gasteiger partial charge in [-0.2, -0.15) is 10.4 Å². The number of rotatable bonds is 1. The first-order chi connectivity index (χ1) is 7.11. The maximum absolute atomic E-state index is 9.03. The summed E-state index contributed by atoms with van der Waals surface area (Å²) >= 11 is 0. The van der Waals surface area contributed by atoms with Gasteiger partial charge in [0.1, 0.15) is 11.6 Å². The van der Waals surface area contributed by atoms with E-state index in [-0.39, 0.29) is 0 Å². The van der Waals surface area contributed by atoms with Crippen LogP contribution in [-0.2, 0) is 7.05 Å². The van der Waals surface area contributed by atoms with Crippen molar-refractivity contribution in [2.24, 2.45) is 7.05 Å². The van der Waals surface area contributed by atoms with Crippen LogP contribution < -0.4 is 5.46 Å². The SMILES string of the molecule is Cn1cc2cc(B(O)O)cc(C#N)c2n1. The number of aryl methyl sites for hydroxylation is 1. The summed E-state index contributed by atoms with van der Waals surface area (Å²) in [4.78, 5) is 0. The zero-order valence-corrected chi connectivity index (χ0v) is 8.05. The van der Waals surface area contributed by atoms with Crippen LogP contribution in [0.2, 0.25) is 0 Å². The van der Waals surface area contributed by atoms with E-state index in [4.69, 9.17) is 15.3 Å². The molecule has 1 aromatic heterocycles. The fraction of sp³-hybridized carbons (Fsp3) is 0.111. The van der Waals surface area contributed by atoms with Gasteiger partial charge in [-0.15, -0.1) is 0 Å². The summed E-state index contributed by atoms with van der Waals surface area (Å²) in [7, 11) is 0.178. The average molecular weight is 201 g/mol. The molecule has 0 bridgehead atoms. The van der Waals surface area contributed by atoms with Crippen LogP contribution in [0.15, 0.2) is 18.3 Å². The monoisotopic (exact) mass is 201 g/mol. The third kappa shape index (κ3) is 1.58. The lowest BCUT2D eigenvalue weighted by Crippen LogP contribution is -2.29. The standard InChI is InChI=1S/C9H8BN3O2/c1-13-5-7-3-8(10(14)15)2-6(4-11)9(7)12-13/h2-3,5,14-15H,1H3. The zero-order valence-electron chi connectivity index (χ0n) is 8.05. The molecule has 1 aromatic carbocycles. The van der Waals surface area contributed by atoms with Crippen LogP contribution in [0.5, 0.6) is 0 Å². The molecular weight excluding hydrogens is 193 g/mol. The lowest BCUT2D eigenvalue weighted by Gasteiger charge is -1.99. The smallest absolute Gasteiger partial charge is 0.423 e. The van der Waals surface area contributed by atoms with E-state index in [0.29, 0.717) is 16.5 Å². The third-order valence-corrected chi connectivity index (χ3v) is 2.16. The summed E-state index contributed by atoms with van der Waals surface area (Å²) in [6, 6.07) is 5.02. The molecule has 0 fully saturated rings. The molecular formula is C9H8BN3O2. The Bertz CT molecular complexity index is 556. The van der Waals surface area contributed by atoms with Gasteiger partial charge in [0.25, 0.3) is 0 Å². The lowest BCUT2D eigenvalue weighted by molar-refractivity contribution is 0.426. The predicted octanol–water partition coefficient (Wildman–Crippen LogP) is -0.875. The summed E-state index contributed by atoms with van der Waals surface area (Å²) in [5, 5.41) is 31.8. The molecule has 2 rings (SSSR count). The van der Waals surface area contributed by atoms with Crippen molar-refractivity contribution < 1.29 is 10.0 Å². The lowest BCUT2D eigenvalue weighted by atomic mass is 9.79. The van der Waals surface area contributed by atoms with E-state index in [1.807, 2.05) is 6.07 Å². The fourth-order valence-corrected chi connectivity index (χ4v) is 1.51. The molecule has 0 unspecified atom stereocenters. The van der Waals surface area contributed by atoms with E-state index in [2.05, 4.69) is 5.10 Å². The fourth-order valence-electron chi connectivity index (χ4n) is 1.51. The van der Waals surface area contributed by atoms with Crippen molar-refractivity contribution >= 4 is 23.5 Å². The highest BCUT2D eigenvalue weighted by molar-refractivity contribution is 6.59. The summed E-state index contributed by atoms with van der Waals surface area (Å²) in [6.07, 6.45) is 1.72. The first kappa shape index (κ1) is 9.71. The van der Waals surface area contributed by atoms with Gasteiger partial charge in [-0.1, -0.05) is 6.07 Å². The van der Waals surface area contributed by atoms with Crippen LogP contribution in [-0.4, -0.2) is 26.9 Å². The molecule has 0 saturated carbocycles. The van der Waals surface area contributed by atoms with Gasteiger partial charge in [0.15, 0.2) is 0 Å². The van der Waals surface area contributed by atoms with Crippen LogP contribution in [0.4, 0.5) is 0 Å². The van der Waals surface area contributed by atoms with Gasteiger partial charge in [0.2, 0.25) is 0 Å². The van der Waals surface area contributed by atoms with Crippen molar-refractivity contribution in [1.82, 2.24) is 9.78 Å². The van der Waals surface area contributed by atoms with E-state index in [1.165, 1.54) is 6.07 Å². The molecule has 0 aliphatic rings. The molecule has 15 heavy (non-hydrogen) atoms. The minimum atomic E-state index is -1.57. The van der Waals surface area contributed by atoms with Gasteiger partial charge in [-0.3, -0.25) is 4.68 Å². The molecule has 0 aliphatic heterocycles. The second-order valence-corrected chi connectivity index (χ2v) is 3.29. The minimum Gasteiger partial charge on any atom is -0.423 e. The maximum atomic E-state index is 9.03. The number of nitriles is 1. The normalized spacial score (nSPS) is 10.3. The number of hydrogen-bond acceptors (Lipinski definition) is 4. The molecule has 2 N–H and O–H groups in total. The van der Waals surface area contributed by atoms with E-state index in [0.717, 1.165) is 5.39 Å². The molecule has 0 atom stereocenters. The van der Waals surface area contributed by atoms with Crippen molar-refractivity contribution in [2.45, 2.75) is 0 Å². The third-order valence-electron chi connectivity index (χ3n) is 2.16. The van der Waals surface area contributed by atoms with Crippen LogP contribution in [0.25, 0.3) is 10.9 Å². The molecule has 0 radical (unpaired) electrons. The topological polar surface area (TPSA) is 82.1 Å². The van der Waals surface area contributed by atoms with Crippen molar-refractivity contribution in [3.05, 3.63) is 23.9 Å². The number of nitrogens with zero attached hydrogens (tertiary/aromatic N) is 3. The van der Waals surface area contributed by atoms with E-state index < -0.39 is 7.12 Å². The van der Waals surface area contributed by atoms with Crippen molar-refractivity contribution in [3.63, 3.8) is 0 Å². The number of benzene rings is 1. The molecule has 0 aliphatic carbocycles. The Morgan fingerprint density at radius 2 is 2.20 bits per heavy atom. The highest BCUT2D eigenvalue weighted by atomic mass is 16.4. The molecule has 1 heterocycles. The van der Waals surface area contributed by atoms with E-state index in [1.54, 1.807) is 24.0 Å². The largest absolute Gasteiger partial charge is 0.488 e. The number of hydrogen-bond donors (Lipinski definition) is 2. The summed E-state index contributed by atoms with van der Waals surface area (Å²) < 4.78 is 1.58. The second kappa shape index (κ2) is 3.39. The molecule has 6 heteroatoms. The van der Waals surface area contributed by atoms with E-state index >= 15 is 0 Å². The zero-order chi connectivity index (χ0) is 11.0. The van der Waals surface area contributed by atoms with Crippen molar-refractivity contribution in [2.75, 3.05) is 0 Å². The summed E-state index contributed by atoms with van der Waals surface area (Å²) in [6.45, 7) is 0. The maximum Gasteiger partial charge on any atom is 0.488 e. The van der Waals surface area contributed by atoms with Crippen LogP contribution in [0, 0.1) is 11.3 Å². The Hall–Kier alpha value is -1.84. The van der Waals surface area contributed by atoms with Gasteiger partial charge in [-0.05, 0) is 11.5 Å². The number of aromatic nitrogens is 2. The van der Waals surface area contributed by atoms with Gasteiger partial charge in [-0.25, -0.2) is 0 Å². The van der Waals surface area contributed by atoms with E-state index in [9.17, 15) is 0 Å². The Labute approximate surface area is 86.3 Å². The van der Waals surface area contributed by atoms with Gasteiger partial charge >= 0.3 is 7.12 Å². The molecule has 2 aromatic rings. The van der Waals surface area contributed by atoms with Gasteiger partial charge in [0, 0.05) is 18.6 Å². The predicted molar refractivity (Wildman–Crippen MR) is 55.3 cm³/mol. The van der Waals surface area contributed by atoms with Gasteiger partial charge < -0.3 is 10.0 Å². The van der Waals surface area contributed by atoms with Crippen molar-refractivity contribution in [1.29, 1.82) is 5.26 Å². The highest BCUT2D eigenvalue weighted by Crippen LogP contribution is 2.14. The summed E-state index contributed by atoms with van der Waals surface area (Å²) in [5.74, 6) is 0. The Balaban J connectivity index is 2.77. The quantitative estimate of drug-likeness (QED) is 0.587. The van der Waals surface area contributed by atoms with Crippen LogP contribution in [0.1, 0.15) is 5.56 Å². The summed E-state index contributed by atoms with van der Waals surface area (Å²) in [5.41, 5.74) is 1.22. The molecule has 0 spiro atoms. The van der Waals surface area contributed by atoms with Crippen LogP contribution in [0.3, 0.4) is 0 Å². The highest BCUT2D eigenvalue weighted by Gasteiger charge is 2.15. The van der Waals surface area contributed by atoms with Gasteiger partial charge in [0.05, 0.1) is 5.56 Å². The van der Waals surface area contributed by atoms with Crippen LogP contribution >= 0.6 is 0 Å². The Morgan fingerprint density at radius 1 is 1.47 bits per heavy atom. The molecule has 74 valence electrons. The average Bonchev–Trinajstić information content (AvgIpc) is 2.56. The molecule has 0 saturated heterocycles.